The largest absolute Gasteiger partial charge is 0.353 e. The van der Waals surface area contributed by atoms with Gasteiger partial charge in [-0.05, 0) is 67.3 Å². The molecular formula is C23H24ClN3O3. The van der Waals surface area contributed by atoms with Gasteiger partial charge in [0, 0.05) is 41.4 Å². The zero-order valence-corrected chi connectivity index (χ0v) is 17.2. The molecule has 0 unspecified atom stereocenters. The minimum Gasteiger partial charge on any atom is -0.353 e. The Labute approximate surface area is 180 Å². The Hall–Kier alpha value is -3.12. The topological polar surface area (TPSA) is 87.3 Å². The first-order chi connectivity index (χ1) is 14.5. The fourth-order valence-electron chi connectivity index (χ4n) is 2.69. The Morgan fingerprint density at radius 2 is 1.70 bits per heavy atom. The molecule has 30 heavy (non-hydrogen) atoms. The van der Waals surface area contributed by atoms with E-state index in [0.29, 0.717) is 41.7 Å². The fraction of sp³-hybridized carbons (Fsp3) is 0.261. The van der Waals surface area contributed by atoms with Crippen LogP contribution in [0.15, 0.2) is 54.6 Å². The summed E-state index contributed by atoms with van der Waals surface area (Å²) in [7, 11) is 0. The highest BCUT2D eigenvalue weighted by molar-refractivity contribution is 6.30. The maximum atomic E-state index is 12.0. The number of anilines is 1. The Morgan fingerprint density at radius 3 is 2.37 bits per heavy atom. The molecule has 0 bridgehead atoms. The summed E-state index contributed by atoms with van der Waals surface area (Å²) >= 11 is 5.81. The summed E-state index contributed by atoms with van der Waals surface area (Å²) in [4.78, 5) is 35.8. The second-order valence-corrected chi connectivity index (χ2v) is 7.59. The van der Waals surface area contributed by atoms with Crippen molar-refractivity contribution in [3.63, 3.8) is 0 Å². The average molecular weight is 426 g/mol. The van der Waals surface area contributed by atoms with Gasteiger partial charge in [0.25, 0.3) is 5.91 Å². The molecule has 7 heteroatoms. The molecule has 2 aromatic carbocycles. The van der Waals surface area contributed by atoms with E-state index in [1.807, 2.05) is 0 Å². The van der Waals surface area contributed by atoms with Crippen LogP contribution in [0.4, 0.5) is 5.69 Å². The zero-order valence-electron chi connectivity index (χ0n) is 16.5. The van der Waals surface area contributed by atoms with E-state index >= 15 is 0 Å². The van der Waals surface area contributed by atoms with Gasteiger partial charge in [-0.2, -0.15) is 0 Å². The van der Waals surface area contributed by atoms with Crippen LogP contribution < -0.4 is 16.0 Å². The predicted molar refractivity (Wildman–Crippen MR) is 118 cm³/mol. The summed E-state index contributed by atoms with van der Waals surface area (Å²) in [5.41, 5.74) is 2.13. The van der Waals surface area contributed by atoms with Crippen molar-refractivity contribution in [3.8, 4) is 0 Å². The first-order valence-corrected chi connectivity index (χ1v) is 10.3. The third kappa shape index (κ3) is 7.37. The van der Waals surface area contributed by atoms with E-state index in [-0.39, 0.29) is 17.7 Å². The van der Waals surface area contributed by atoms with Gasteiger partial charge in [-0.15, -0.1) is 0 Å². The molecule has 6 nitrogen and oxygen atoms in total. The number of carbonyl (C=O) groups excluding carboxylic acids is 3. The molecule has 3 amide bonds. The van der Waals surface area contributed by atoms with Gasteiger partial charge in [-0.1, -0.05) is 23.7 Å². The number of amides is 3. The second kappa shape index (κ2) is 10.6. The van der Waals surface area contributed by atoms with Crippen LogP contribution in [0.1, 0.15) is 41.6 Å². The summed E-state index contributed by atoms with van der Waals surface area (Å²) in [5.74, 6) is -0.414. The molecule has 0 atom stereocenters. The number of carbonyl (C=O) groups is 3. The minimum atomic E-state index is -0.233. The van der Waals surface area contributed by atoms with Gasteiger partial charge in [0.15, 0.2) is 0 Å². The molecule has 3 N–H and O–H groups in total. The van der Waals surface area contributed by atoms with E-state index in [1.165, 1.54) is 6.08 Å². The maximum absolute atomic E-state index is 12.0. The quantitative estimate of drug-likeness (QED) is 0.422. The summed E-state index contributed by atoms with van der Waals surface area (Å²) in [5, 5.41) is 9.08. The van der Waals surface area contributed by atoms with Crippen molar-refractivity contribution in [2.45, 2.75) is 31.7 Å². The number of benzene rings is 2. The number of rotatable bonds is 9. The van der Waals surface area contributed by atoms with E-state index in [9.17, 15) is 14.4 Å². The lowest BCUT2D eigenvalue weighted by atomic mass is 10.1. The van der Waals surface area contributed by atoms with Crippen molar-refractivity contribution in [1.29, 1.82) is 0 Å². The third-order valence-corrected chi connectivity index (χ3v) is 4.77. The van der Waals surface area contributed by atoms with E-state index < -0.39 is 0 Å². The molecule has 1 saturated carbocycles. The molecule has 0 spiro atoms. The lowest BCUT2D eigenvalue weighted by molar-refractivity contribution is -0.118. The van der Waals surface area contributed by atoms with E-state index in [4.69, 9.17) is 11.6 Å². The molecule has 0 aromatic heterocycles. The molecule has 156 valence electrons. The highest BCUT2D eigenvalue weighted by Crippen LogP contribution is 2.19. The van der Waals surface area contributed by atoms with Crippen LogP contribution in [-0.2, 0) is 9.59 Å². The summed E-state index contributed by atoms with van der Waals surface area (Å²) in [6.45, 7) is 0.400. The van der Waals surface area contributed by atoms with Crippen LogP contribution >= 0.6 is 11.6 Å². The standard InChI is InChI=1S/C23H24ClN3O3/c24-18-8-10-19(11-9-18)26-22(29)2-1-15-25-21(28)14-5-16-3-6-17(7-4-16)23(30)27-20-12-13-20/h3-11,14,20H,1-2,12-13,15H2,(H,25,28)(H,26,29)(H,27,30). The van der Waals surface area contributed by atoms with Crippen molar-refractivity contribution in [2.24, 2.45) is 0 Å². The molecule has 1 aliphatic carbocycles. The highest BCUT2D eigenvalue weighted by atomic mass is 35.5. The Balaban J connectivity index is 1.33. The van der Waals surface area contributed by atoms with Crippen LogP contribution in [0, 0.1) is 0 Å². The SMILES string of the molecule is O=C(C=Cc1ccc(C(=O)NC2CC2)cc1)NCCCC(=O)Nc1ccc(Cl)cc1. The third-order valence-electron chi connectivity index (χ3n) is 4.52. The fourth-order valence-corrected chi connectivity index (χ4v) is 2.82. The molecule has 0 heterocycles. The van der Waals surface area contributed by atoms with Gasteiger partial charge in [0.1, 0.15) is 0 Å². The van der Waals surface area contributed by atoms with Crippen molar-refractivity contribution >= 4 is 41.1 Å². The molecule has 1 fully saturated rings. The number of halogens is 1. The summed E-state index contributed by atoms with van der Waals surface area (Å²) in [6, 6.07) is 14.3. The monoisotopic (exact) mass is 425 g/mol. The summed E-state index contributed by atoms with van der Waals surface area (Å²) < 4.78 is 0. The molecule has 0 aliphatic heterocycles. The van der Waals surface area contributed by atoms with Gasteiger partial charge in [0.2, 0.25) is 11.8 Å². The van der Waals surface area contributed by atoms with E-state index in [2.05, 4.69) is 16.0 Å². The first-order valence-electron chi connectivity index (χ1n) is 9.92. The van der Waals surface area contributed by atoms with Gasteiger partial charge in [0.05, 0.1) is 0 Å². The minimum absolute atomic E-state index is 0.0640. The van der Waals surface area contributed by atoms with Crippen molar-refractivity contribution in [2.75, 3.05) is 11.9 Å². The second-order valence-electron chi connectivity index (χ2n) is 7.15. The van der Waals surface area contributed by atoms with E-state index in [1.54, 1.807) is 54.6 Å². The predicted octanol–water partition coefficient (Wildman–Crippen LogP) is 3.78. The van der Waals surface area contributed by atoms with Crippen molar-refractivity contribution < 1.29 is 14.4 Å². The normalized spacial score (nSPS) is 13.1. The van der Waals surface area contributed by atoms with Crippen molar-refractivity contribution in [3.05, 3.63) is 70.8 Å². The molecule has 3 rings (SSSR count). The van der Waals surface area contributed by atoms with E-state index in [0.717, 1.165) is 18.4 Å². The smallest absolute Gasteiger partial charge is 0.251 e. The van der Waals surface area contributed by atoms with Gasteiger partial charge in [-0.3, -0.25) is 14.4 Å². The van der Waals surface area contributed by atoms with Crippen molar-refractivity contribution in [1.82, 2.24) is 10.6 Å². The molecule has 0 radical (unpaired) electrons. The van der Waals surface area contributed by atoms with Crippen LogP contribution in [0.25, 0.3) is 6.08 Å². The zero-order chi connectivity index (χ0) is 21.3. The van der Waals surface area contributed by atoms with Crippen LogP contribution in [-0.4, -0.2) is 30.3 Å². The molecule has 2 aromatic rings. The van der Waals surface area contributed by atoms with Crippen LogP contribution in [0.2, 0.25) is 5.02 Å². The lowest BCUT2D eigenvalue weighted by Gasteiger charge is -2.06. The molecular weight excluding hydrogens is 402 g/mol. The van der Waals surface area contributed by atoms with Gasteiger partial charge < -0.3 is 16.0 Å². The van der Waals surface area contributed by atoms with Gasteiger partial charge >= 0.3 is 0 Å². The molecule has 0 saturated heterocycles. The summed E-state index contributed by atoms with van der Waals surface area (Å²) in [6.07, 6.45) is 6.06. The number of hydrogen-bond acceptors (Lipinski definition) is 3. The Bertz CT molecular complexity index is 920. The van der Waals surface area contributed by atoms with Crippen LogP contribution in [0.3, 0.4) is 0 Å². The van der Waals surface area contributed by atoms with Crippen LogP contribution in [0.5, 0.6) is 0 Å². The lowest BCUT2D eigenvalue weighted by Crippen LogP contribution is -2.25. The van der Waals surface area contributed by atoms with Gasteiger partial charge in [-0.25, -0.2) is 0 Å². The Morgan fingerprint density at radius 1 is 1.00 bits per heavy atom. The maximum Gasteiger partial charge on any atom is 0.251 e. The Kier molecular flexibility index (Phi) is 7.63. The first kappa shape index (κ1) is 21.6. The average Bonchev–Trinajstić information content (AvgIpc) is 3.56. The highest BCUT2D eigenvalue weighted by Gasteiger charge is 2.23. The number of nitrogens with one attached hydrogen (secondary N) is 3. The number of hydrogen-bond donors (Lipinski definition) is 3. The molecule has 1 aliphatic rings.